The largest absolute Gasteiger partial charge is 0.507 e. The lowest BCUT2D eigenvalue weighted by Crippen LogP contribution is -2.74. The van der Waals surface area contributed by atoms with Crippen LogP contribution in [0, 0.1) is 19.7 Å². The monoisotopic (exact) mass is 619 g/mol. The van der Waals surface area contributed by atoms with Crippen LogP contribution < -0.4 is 11.1 Å². The zero-order chi connectivity index (χ0) is 32.5. The summed E-state index contributed by atoms with van der Waals surface area (Å²) in [5.41, 5.74) is -3.07. The number of likely N-dealkylation sites (tertiary alicyclic amines) is 1. The third-order valence-electron chi connectivity index (χ3n) is 8.49. The second-order valence-corrected chi connectivity index (χ2v) is 12.4. The van der Waals surface area contributed by atoms with Crippen molar-refractivity contribution < 1.29 is 18.7 Å². The van der Waals surface area contributed by atoms with Gasteiger partial charge in [-0.05, 0) is 55.2 Å². The number of carbonyl (C=O) groups is 1. The first-order valence-electron chi connectivity index (χ1n) is 14.0. The molecule has 1 aromatic carbocycles. The summed E-state index contributed by atoms with van der Waals surface area (Å²) in [7, 11) is 2.91. The lowest BCUT2D eigenvalue weighted by atomic mass is 9.51. The van der Waals surface area contributed by atoms with Gasteiger partial charge in [0.05, 0.1) is 46.3 Å². The molecule has 0 atom stereocenters. The zero-order valence-electron chi connectivity index (χ0n) is 25.2. The Balaban J connectivity index is 1.94. The molecule has 4 aromatic rings. The van der Waals surface area contributed by atoms with Gasteiger partial charge in [0.25, 0.3) is 0 Å². The van der Waals surface area contributed by atoms with E-state index in [2.05, 4.69) is 16.5 Å². The summed E-state index contributed by atoms with van der Waals surface area (Å²) in [5, 5.41) is 9.00. The number of hydrogen-bond donors (Lipinski definition) is 1. The van der Waals surface area contributed by atoms with Gasteiger partial charge in [0.2, 0.25) is 5.91 Å². The van der Waals surface area contributed by atoms with Crippen molar-refractivity contribution in [3.05, 3.63) is 91.5 Å². The van der Waals surface area contributed by atoms with E-state index >= 15 is 8.78 Å². The van der Waals surface area contributed by atoms with Crippen LogP contribution in [0.5, 0.6) is 5.75 Å². The van der Waals surface area contributed by atoms with Gasteiger partial charge in [0, 0.05) is 11.5 Å². The molecule has 1 fully saturated rings. The number of rotatable bonds is 6. The summed E-state index contributed by atoms with van der Waals surface area (Å²) in [6, 6.07) is 5.54. The fraction of sp³-hybridized carbons (Fsp3) is 0.300. The third kappa shape index (κ3) is 4.56. The average Bonchev–Trinajstić information content (AvgIpc) is 2.94. The third-order valence-corrected chi connectivity index (χ3v) is 8.78. The van der Waals surface area contributed by atoms with E-state index in [1.54, 1.807) is 26.1 Å². The molecule has 1 saturated heterocycles. The molecule has 1 aliphatic heterocycles. The minimum atomic E-state index is -2.12. The lowest BCUT2D eigenvalue weighted by molar-refractivity contribution is -0.143. The van der Waals surface area contributed by atoms with Crippen LogP contribution in [-0.2, 0) is 10.1 Å². The summed E-state index contributed by atoms with van der Waals surface area (Å²) in [6.07, 6.45) is 2.66. The molecule has 4 heterocycles. The van der Waals surface area contributed by atoms with Crippen molar-refractivity contribution in [2.45, 2.75) is 44.6 Å². The highest BCUT2D eigenvalue weighted by Gasteiger charge is 2.57. The number of nitrogens with zero attached hydrogens (tertiary/aromatic N) is 5. The Kier molecular flexibility index (Phi) is 7.60. The summed E-state index contributed by atoms with van der Waals surface area (Å²) in [4.78, 5) is 50.7. The normalized spacial score (nSPS) is 14.6. The van der Waals surface area contributed by atoms with Crippen molar-refractivity contribution in [1.82, 2.24) is 24.0 Å². The Hall–Kier alpha value is -4.25. The lowest BCUT2D eigenvalue weighted by Gasteiger charge is -2.53. The summed E-state index contributed by atoms with van der Waals surface area (Å²) >= 11 is 6.69. The molecule has 44 heavy (non-hydrogen) atoms. The molecule has 226 valence electrons. The van der Waals surface area contributed by atoms with E-state index in [1.165, 1.54) is 32.7 Å². The molecule has 1 aliphatic rings. The quantitative estimate of drug-likeness (QED) is 0.202. The molecule has 9 nitrogen and oxygen atoms in total. The Morgan fingerprint density at radius 2 is 1.84 bits per heavy atom. The van der Waals surface area contributed by atoms with Gasteiger partial charge in [-0.25, -0.2) is 13.8 Å². The number of carbonyl (C=O) groups excluding carboxylic acids is 1. The molecule has 0 aliphatic carbocycles. The predicted molar refractivity (Wildman–Crippen MR) is 171 cm³/mol. The SMILES string of the molecule is BC(B)(n1c(=O)c(=O)n(-c2c(C)ccnc2C(C)C)c2nc(-c3c(F)ccc(C)c3O)c(Cl)cc21)C1(F)CN(C(=O)C=C)C1. The van der Waals surface area contributed by atoms with Crippen molar-refractivity contribution >= 4 is 44.4 Å². The molecule has 0 spiro atoms. The van der Waals surface area contributed by atoms with Crippen LogP contribution in [0.3, 0.4) is 0 Å². The second-order valence-electron chi connectivity index (χ2n) is 12.0. The van der Waals surface area contributed by atoms with Crippen LogP contribution in [-0.4, -0.2) is 69.5 Å². The molecular formula is C30H30B2ClF2N5O4. The number of benzene rings is 1. The number of amides is 1. The number of pyridine rings is 2. The Morgan fingerprint density at radius 1 is 1.18 bits per heavy atom. The number of alkyl halides is 1. The maximum Gasteiger partial charge on any atom is 0.322 e. The van der Waals surface area contributed by atoms with Crippen LogP contribution in [0.2, 0.25) is 5.02 Å². The molecule has 14 heteroatoms. The predicted octanol–water partition coefficient (Wildman–Crippen LogP) is 2.46. The van der Waals surface area contributed by atoms with Crippen molar-refractivity contribution in [2.75, 3.05) is 13.1 Å². The van der Waals surface area contributed by atoms with E-state index in [9.17, 15) is 19.5 Å². The van der Waals surface area contributed by atoms with Gasteiger partial charge in [-0.2, -0.15) is 0 Å². The fourth-order valence-electron chi connectivity index (χ4n) is 5.75. The maximum atomic E-state index is 16.6. The molecule has 0 saturated carbocycles. The summed E-state index contributed by atoms with van der Waals surface area (Å²) < 4.78 is 33.9. The number of phenols is 1. The van der Waals surface area contributed by atoms with Gasteiger partial charge < -0.3 is 14.6 Å². The van der Waals surface area contributed by atoms with E-state index in [-0.39, 0.29) is 46.5 Å². The van der Waals surface area contributed by atoms with E-state index in [0.29, 0.717) is 22.5 Å². The standard InChI is InChI=1S/C30H30B2ClF2N5O4/c1-6-20(41)38-12-29(35,13-38)30(31,32)40-19-11-17(33)23(21-18(34)8-7-16(5)25(21)42)37-26(19)39(27(43)28(40)44)24-15(4)9-10-36-22(24)14(2)3/h6-11,14,42H,1,12-13,31-32H2,2-5H3. The van der Waals surface area contributed by atoms with E-state index in [1.807, 2.05) is 13.8 Å². The highest BCUT2D eigenvalue weighted by Crippen LogP contribution is 2.41. The first-order valence-corrected chi connectivity index (χ1v) is 14.4. The molecule has 0 radical (unpaired) electrons. The van der Waals surface area contributed by atoms with E-state index in [4.69, 9.17) is 11.6 Å². The van der Waals surface area contributed by atoms with Gasteiger partial charge >= 0.3 is 11.1 Å². The second kappa shape index (κ2) is 10.7. The number of aromatic hydroxyl groups is 1. The molecule has 3 aromatic heterocycles. The molecule has 1 N–H and O–H groups in total. The zero-order valence-corrected chi connectivity index (χ0v) is 26.0. The number of fused-ring (bicyclic) bond motifs is 1. The van der Waals surface area contributed by atoms with Crippen LogP contribution >= 0.6 is 11.6 Å². The topological polar surface area (TPSA) is 110 Å². The van der Waals surface area contributed by atoms with Crippen molar-refractivity contribution in [1.29, 1.82) is 0 Å². The van der Waals surface area contributed by atoms with Gasteiger partial charge in [0.1, 0.15) is 27.3 Å². The minimum Gasteiger partial charge on any atom is -0.507 e. The van der Waals surface area contributed by atoms with Gasteiger partial charge in [-0.15, -0.1) is 0 Å². The maximum absolute atomic E-state index is 16.6. The Bertz CT molecular complexity index is 2000. The van der Waals surface area contributed by atoms with Crippen molar-refractivity contribution in [3.8, 4) is 22.7 Å². The number of halogens is 3. The summed E-state index contributed by atoms with van der Waals surface area (Å²) in [5.74, 6) is -1.86. The number of aromatic nitrogens is 4. The Labute approximate surface area is 258 Å². The van der Waals surface area contributed by atoms with Gasteiger partial charge in [0.15, 0.2) is 11.3 Å². The van der Waals surface area contributed by atoms with E-state index in [0.717, 1.165) is 21.3 Å². The number of hydrogen-bond acceptors (Lipinski definition) is 6. The summed E-state index contributed by atoms with van der Waals surface area (Å²) in [6.45, 7) is 9.82. The molecule has 5 rings (SSSR count). The van der Waals surface area contributed by atoms with Crippen LogP contribution in [0.25, 0.3) is 28.1 Å². The highest BCUT2D eigenvalue weighted by atomic mass is 35.5. The smallest absolute Gasteiger partial charge is 0.322 e. The van der Waals surface area contributed by atoms with Crippen molar-refractivity contribution in [2.24, 2.45) is 0 Å². The molecule has 1 amide bonds. The van der Waals surface area contributed by atoms with Crippen LogP contribution in [0.1, 0.15) is 36.6 Å². The first-order chi connectivity index (χ1) is 20.6. The first kappa shape index (κ1) is 31.2. The van der Waals surface area contributed by atoms with E-state index < -0.39 is 39.6 Å². The fourth-order valence-corrected chi connectivity index (χ4v) is 5.99. The van der Waals surface area contributed by atoms with Crippen LogP contribution in [0.15, 0.2) is 52.7 Å². The molecular weight excluding hydrogens is 589 g/mol. The highest BCUT2D eigenvalue weighted by molar-refractivity contribution is 6.39. The van der Waals surface area contributed by atoms with Crippen LogP contribution in [0.4, 0.5) is 8.78 Å². The number of phenolic OH excluding ortho intramolecular Hbond substituents is 1. The van der Waals surface area contributed by atoms with Gasteiger partial charge in [-0.1, -0.05) is 38.1 Å². The minimum absolute atomic E-state index is 0.00983. The van der Waals surface area contributed by atoms with Crippen molar-refractivity contribution in [3.63, 3.8) is 0 Å². The number of aryl methyl sites for hydroxylation is 2. The Morgan fingerprint density at radius 3 is 2.45 bits per heavy atom. The molecule has 0 unspecified atom stereocenters. The average molecular weight is 620 g/mol. The molecule has 0 bridgehead atoms. The van der Waals surface area contributed by atoms with Gasteiger partial charge in [-0.3, -0.25) is 23.9 Å².